The number of ether oxygens (including phenoxy) is 1. The number of carbonyl (C=O) groups excluding carboxylic acids is 1. The van der Waals surface area contributed by atoms with Crippen LogP contribution in [-0.4, -0.2) is 28.2 Å². The van der Waals surface area contributed by atoms with Gasteiger partial charge in [-0.1, -0.05) is 24.3 Å². The number of hydrogen-bond donors (Lipinski definition) is 3. The zero-order chi connectivity index (χ0) is 24.8. The van der Waals surface area contributed by atoms with Crippen LogP contribution in [0.5, 0.6) is 5.75 Å². The molecule has 4 N–H and O–H groups in total. The Morgan fingerprint density at radius 2 is 1.85 bits per heavy atom. The number of nitrogens with zero attached hydrogens (tertiary/aromatic N) is 1. The molecular formula is C24H24BrF2N3O4. The summed E-state index contributed by atoms with van der Waals surface area (Å²) < 4.78 is 34.3. The summed E-state index contributed by atoms with van der Waals surface area (Å²) in [5.74, 6) is -1.77. The van der Waals surface area contributed by atoms with Gasteiger partial charge in [-0.05, 0) is 46.1 Å². The van der Waals surface area contributed by atoms with Gasteiger partial charge in [0.2, 0.25) is 5.91 Å². The summed E-state index contributed by atoms with van der Waals surface area (Å²) in [5.41, 5.74) is 7.45. The number of amides is 1. The lowest BCUT2D eigenvalue weighted by Crippen LogP contribution is -2.43. The highest BCUT2D eigenvalue weighted by molar-refractivity contribution is 9.10. The number of aromatic nitrogens is 1. The Morgan fingerprint density at radius 3 is 2.47 bits per heavy atom. The number of aryl methyl sites for hydroxylation is 1. The number of halogens is 3. The first-order valence-electron chi connectivity index (χ1n) is 10.4. The molecule has 2 aromatic carbocycles. The standard InChI is InChI=1S/C24H24BrF2N3O4/c1-14-8-21(34-13-17-6-7-18(26)9-19(17)27)22(25)24(33)30(14)11-16-4-2-15(3-5-16)10-29-20(12-31)23(28)32/h2-9,20,29,31H,10-13H2,1H3,(H2,28,32). The van der Waals surface area contributed by atoms with Crippen molar-refractivity contribution in [2.45, 2.75) is 32.7 Å². The zero-order valence-electron chi connectivity index (χ0n) is 18.4. The minimum Gasteiger partial charge on any atom is -0.487 e. The van der Waals surface area contributed by atoms with E-state index in [0.29, 0.717) is 18.8 Å². The smallest absolute Gasteiger partial charge is 0.269 e. The van der Waals surface area contributed by atoms with E-state index < -0.39 is 23.6 Å². The molecule has 1 amide bonds. The van der Waals surface area contributed by atoms with Crippen molar-refractivity contribution in [3.05, 3.63) is 97.4 Å². The summed E-state index contributed by atoms with van der Waals surface area (Å²) in [6.07, 6.45) is 0. The predicted molar refractivity (Wildman–Crippen MR) is 126 cm³/mol. The van der Waals surface area contributed by atoms with Crippen LogP contribution in [0.2, 0.25) is 0 Å². The molecule has 3 rings (SSSR count). The van der Waals surface area contributed by atoms with Crippen molar-refractivity contribution >= 4 is 21.8 Å². The number of carbonyl (C=O) groups is 1. The molecule has 0 spiro atoms. The predicted octanol–water partition coefficient (Wildman–Crippen LogP) is 2.76. The van der Waals surface area contributed by atoms with Gasteiger partial charge in [-0.25, -0.2) is 8.78 Å². The van der Waals surface area contributed by atoms with Crippen LogP contribution in [0.1, 0.15) is 22.4 Å². The third-order valence-corrected chi connectivity index (χ3v) is 5.99. The topological polar surface area (TPSA) is 107 Å². The number of rotatable bonds is 10. The highest BCUT2D eigenvalue weighted by Crippen LogP contribution is 2.24. The molecule has 3 aromatic rings. The average Bonchev–Trinajstić information content (AvgIpc) is 2.80. The van der Waals surface area contributed by atoms with Gasteiger partial charge in [-0.3, -0.25) is 14.9 Å². The Hall–Kier alpha value is -3.08. The van der Waals surface area contributed by atoms with E-state index in [2.05, 4.69) is 21.2 Å². The second-order valence-electron chi connectivity index (χ2n) is 7.71. The molecule has 1 aromatic heterocycles. The summed E-state index contributed by atoms with van der Waals surface area (Å²) in [4.78, 5) is 24.1. The number of aliphatic hydroxyl groups is 1. The maximum absolute atomic E-state index is 13.9. The molecule has 10 heteroatoms. The zero-order valence-corrected chi connectivity index (χ0v) is 19.9. The van der Waals surface area contributed by atoms with Gasteiger partial charge in [0.05, 0.1) is 13.2 Å². The monoisotopic (exact) mass is 535 g/mol. The third-order valence-electron chi connectivity index (χ3n) is 5.26. The van der Waals surface area contributed by atoms with E-state index >= 15 is 0 Å². The van der Waals surface area contributed by atoms with Gasteiger partial charge >= 0.3 is 0 Å². The molecule has 180 valence electrons. The molecule has 0 radical (unpaired) electrons. The van der Waals surface area contributed by atoms with Crippen LogP contribution >= 0.6 is 15.9 Å². The SMILES string of the molecule is Cc1cc(OCc2ccc(F)cc2F)c(Br)c(=O)n1Cc1ccc(CNC(CO)C(N)=O)cc1. The van der Waals surface area contributed by atoms with E-state index in [-0.39, 0.29) is 34.6 Å². The minimum absolute atomic E-state index is 0.157. The number of benzene rings is 2. The van der Waals surface area contributed by atoms with Crippen LogP contribution in [0.4, 0.5) is 8.78 Å². The summed E-state index contributed by atoms with van der Waals surface area (Å²) in [6.45, 7) is 1.87. The molecular weight excluding hydrogens is 512 g/mol. The highest BCUT2D eigenvalue weighted by atomic mass is 79.9. The van der Waals surface area contributed by atoms with E-state index in [4.69, 9.17) is 15.6 Å². The lowest BCUT2D eigenvalue weighted by Gasteiger charge is -2.15. The van der Waals surface area contributed by atoms with Crippen LogP contribution in [-0.2, 0) is 24.5 Å². The highest BCUT2D eigenvalue weighted by Gasteiger charge is 2.15. The number of aliphatic hydroxyl groups excluding tert-OH is 1. The van der Waals surface area contributed by atoms with E-state index in [0.717, 1.165) is 23.3 Å². The lowest BCUT2D eigenvalue weighted by atomic mass is 10.1. The lowest BCUT2D eigenvalue weighted by molar-refractivity contribution is -0.120. The second-order valence-corrected chi connectivity index (χ2v) is 8.51. The Labute approximate surface area is 203 Å². The largest absolute Gasteiger partial charge is 0.487 e. The van der Waals surface area contributed by atoms with Crippen LogP contribution in [0.25, 0.3) is 0 Å². The molecule has 0 aliphatic rings. The maximum Gasteiger partial charge on any atom is 0.269 e. The average molecular weight is 536 g/mol. The molecule has 34 heavy (non-hydrogen) atoms. The van der Waals surface area contributed by atoms with Gasteiger partial charge in [-0.15, -0.1) is 0 Å². The number of hydrogen-bond acceptors (Lipinski definition) is 5. The number of pyridine rings is 1. The van der Waals surface area contributed by atoms with E-state index in [1.54, 1.807) is 17.6 Å². The molecule has 0 saturated heterocycles. The summed E-state index contributed by atoms with van der Waals surface area (Å²) in [6, 6.07) is 11.5. The van der Waals surface area contributed by atoms with Crippen molar-refractivity contribution in [2.75, 3.05) is 6.61 Å². The quantitative estimate of drug-likeness (QED) is 0.370. The normalized spacial score (nSPS) is 11.9. The molecule has 0 fully saturated rings. The fourth-order valence-electron chi connectivity index (χ4n) is 3.25. The van der Waals surface area contributed by atoms with Crippen molar-refractivity contribution in [3.63, 3.8) is 0 Å². The van der Waals surface area contributed by atoms with E-state index in [1.807, 2.05) is 24.3 Å². The maximum atomic E-state index is 13.9. The molecule has 0 aliphatic heterocycles. The molecule has 1 heterocycles. The molecule has 0 bridgehead atoms. The van der Waals surface area contributed by atoms with Crippen LogP contribution < -0.4 is 21.3 Å². The van der Waals surface area contributed by atoms with Crippen LogP contribution in [0, 0.1) is 18.6 Å². The Balaban J connectivity index is 1.70. The van der Waals surface area contributed by atoms with Gasteiger partial charge in [0.1, 0.15) is 34.5 Å². The molecule has 0 saturated carbocycles. The van der Waals surface area contributed by atoms with Gasteiger partial charge in [0.15, 0.2) is 0 Å². The summed E-state index contributed by atoms with van der Waals surface area (Å²) >= 11 is 3.27. The third kappa shape index (κ3) is 6.28. The fourth-order valence-corrected chi connectivity index (χ4v) is 3.70. The van der Waals surface area contributed by atoms with Crippen molar-refractivity contribution in [2.24, 2.45) is 5.73 Å². The Bertz CT molecular complexity index is 1230. The fraction of sp³-hybridized carbons (Fsp3) is 0.250. The summed E-state index contributed by atoms with van der Waals surface area (Å²) in [7, 11) is 0. The van der Waals surface area contributed by atoms with Crippen molar-refractivity contribution in [3.8, 4) is 5.75 Å². The van der Waals surface area contributed by atoms with E-state index in [1.165, 1.54) is 6.07 Å². The molecule has 0 aliphatic carbocycles. The van der Waals surface area contributed by atoms with Crippen LogP contribution in [0.15, 0.2) is 57.8 Å². The second kappa shape index (κ2) is 11.4. The molecule has 7 nitrogen and oxygen atoms in total. The van der Waals surface area contributed by atoms with Crippen molar-refractivity contribution in [1.82, 2.24) is 9.88 Å². The molecule has 1 unspecified atom stereocenters. The minimum atomic E-state index is -0.821. The number of nitrogens with two attached hydrogens (primary N) is 1. The van der Waals surface area contributed by atoms with Gasteiger partial charge < -0.3 is 20.1 Å². The van der Waals surface area contributed by atoms with Gasteiger partial charge in [-0.2, -0.15) is 0 Å². The van der Waals surface area contributed by atoms with Crippen LogP contribution in [0.3, 0.4) is 0 Å². The summed E-state index contributed by atoms with van der Waals surface area (Å²) in [5, 5.41) is 12.0. The van der Waals surface area contributed by atoms with E-state index in [9.17, 15) is 18.4 Å². The van der Waals surface area contributed by atoms with Crippen molar-refractivity contribution < 1.29 is 23.4 Å². The Morgan fingerprint density at radius 1 is 1.18 bits per heavy atom. The first-order chi connectivity index (χ1) is 16.2. The van der Waals surface area contributed by atoms with Gasteiger partial charge in [0.25, 0.3) is 5.56 Å². The first kappa shape index (κ1) is 25.5. The molecule has 1 atom stereocenters. The number of nitrogens with one attached hydrogen (secondary N) is 1. The number of primary amides is 1. The van der Waals surface area contributed by atoms with Crippen molar-refractivity contribution in [1.29, 1.82) is 0 Å². The Kier molecular flexibility index (Phi) is 8.54. The first-order valence-corrected chi connectivity index (χ1v) is 11.2. The van der Waals surface area contributed by atoms with Gasteiger partial charge in [0, 0.05) is 29.9 Å².